The molecule has 0 heterocycles. The van der Waals surface area contributed by atoms with Crippen LogP contribution in [0.1, 0.15) is 41.2 Å². The highest BCUT2D eigenvalue weighted by atomic mass is 16.5. The lowest BCUT2D eigenvalue weighted by atomic mass is 9.92. The highest BCUT2D eigenvalue weighted by Crippen LogP contribution is 2.30. The van der Waals surface area contributed by atoms with E-state index >= 15 is 0 Å². The molecule has 0 fully saturated rings. The summed E-state index contributed by atoms with van der Waals surface area (Å²) < 4.78 is 5.37. The van der Waals surface area contributed by atoms with Crippen molar-refractivity contribution in [1.82, 2.24) is 0 Å². The molecule has 0 saturated heterocycles. The Hall–Kier alpha value is -2.46. The molecule has 0 aliphatic carbocycles. The van der Waals surface area contributed by atoms with E-state index in [1.54, 1.807) is 13.2 Å². The van der Waals surface area contributed by atoms with E-state index in [0.717, 1.165) is 35.3 Å². The summed E-state index contributed by atoms with van der Waals surface area (Å²) in [5, 5.41) is 29.1. The molecule has 0 aliphatic heterocycles. The second-order valence-electron chi connectivity index (χ2n) is 6.70. The van der Waals surface area contributed by atoms with Crippen LogP contribution in [0, 0.1) is 13.8 Å². The number of methoxy groups -OCH3 is 1. The van der Waals surface area contributed by atoms with Gasteiger partial charge in [-0.1, -0.05) is 11.6 Å². The number of hydrogen-bond donors (Lipinski definition) is 3. The van der Waals surface area contributed by atoms with Crippen LogP contribution >= 0.6 is 0 Å². The first-order chi connectivity index (χ1) is 12.4. The molecule has 0 atom stereocenters. The molecule has 0 saturated carbocycles. The Kier molecular flexibility index (Phi) is 6.70. The van der Waals surface area contributed by atoms with Crippen LogP contribution < -0.4 is 4.74 Å². The summed E-state index contributed by atoms with van der Waals surface area (Å²) in [5.41, 5.74) is 6.26. The fourth-order valence-corrected chi connectivity index (χ4v) is 3.24. The largest absolute Gasteiger partial charge is 0.508 e. The van der Waals surface area contributed by atoms with Crippen molar-refractivity contribution in [3.63, 3.8) is 0 Å². The standard InChI is InChI=1S/C22H28O4/c1-14(5-7-17-12-18(24)8-10-21(17)25)6-9-19-15(2)11-22(26-4)20(13-23)16(19)3/h5,8,10-12,23-25H,6-7,9,13H2,1-4H3. The Morgan fingerprint density at radius 3 is 2.50 bits per heavy atom. The average Bonchev–Trinajstić information content (AvgIpc) is 2.61. The van der Waals surface area contributed by atoms with Gasteiger partial charge in [0.2, 0.25) is 0 Å². The lowest BCUT2D eigenvalue weighted by Crippen LogP contribution is -2.03. The van der Waals surface area contributed by atoms with Gasteiger partial charge in [-0.3, -0.25) is 0 Å². The summed E-state index contributed by atoms with van der Waals surface area (Å²) in [5.74, 6) is 1.09. The molecule has 0 spiro atoms. The number of aromatic hydroxyl groups is 2. The van der Waals surface area contributed by atoms with Crippen molar-refractivity contribution < 1.29 is 20.1 Å². The van der Waals surface area contributed by atoms with E-state index in [9.17, 15) is 15.3 Å². The molecular weight excluding hydrogens is 328 g/mol. The molecule has 26 heavy (non-hydrogen) atoms. The Balaban J connectivity index is 2.11. The molecule has 4 heteroatoms. The van der Waals surface area contributed by atoms with Crippen molar-refractivity contribution in [1.29, 1.82) is 0 Å². The van der Waals surface area contributed by atoms with E-state index < -0.39 is 0 Å². The minimum Gasteiger partial charge on any atom is -0.508 e. The zero-order valence-corrected chi connectivity index (χ0v) is 16.0. The molecule has 0 unspecified atom stereocenters. The monoisotopic (exact) mass is 356 g/mol. The number of hydrogen-bond acceptors (Lipinski definition) is 4. The smallest absolute Gasteiger partial charge is 0.124 e. The molecule has 2 aromatic rings. The van der Waals surface area contributed by atoms with E-state index in [1.807, 2.05) is 13.0 Å². The first kappa shape index (κ1) is 19.9. The van der Waals surface area contributed by atoms with Crippen molar-refractivity contribution in [2.24, 2.45) is 0 Å². The van der Waals surface area contributed by atoms with Crippen molar-refractivity contribution in [3.8, 4) is 17.2 Å². The number of allylic oxidation sites excluding steroid dienone is 2. The third-order valence-corrected chi connectivity index (χ3v) is 4.91. The number of phenols is 2. The van der Waals surface area contributed by atoms with Crippen LogP contribution in [0.2, 0.25) is 0 Å². The van der Waals surface area contributed by atoms with Crippen molar-refractivity contribution in [2.45, 2.75) is 46.6 Å². The molecule has 3 N–H and O–H groups in total. The molecule has 140 valence electrons. The Bertz CT molecular complexity index is 806. The third-order valence-electron chi connectivity index (χ3n) is 4.91. The van der Waals surface area contributed by atoms with Gasteiger partial charge in [-0.25, -0.2) is 0 Å². The fraction of sp³-hybridized carbons (Fsp3) is 0.364. The zero-order valence-electron chi connectivity index (χ0n) is 16.0. The van der Waals surface area contributed by atoms with Gasteiger partial charge in [-0.15, -0.1) is 0 Å². The molecular formula is C22H28O4. The number of aliphatic hydroxyl groups is 1. The van der Waals surface area contributed by atoms with Crippen LogP contribution in [0.5, 0.6) is 17.2 Å². The van der Waals surface area contributed by atoms with Crippen LogP contribution in [0.4, 0.5) is 0 Å². The van der Waals surface area contributed by atoms with E-state index in [-0.39, 0.29) is 18.1 Å². The normalized spacial score (nSPS) is 11.7. The van der Waals surface area contributed by atoms with Crippen LogP contribution in [0.3, 0.4) is 0 Å². The van der Waals surface area contributed by atoms with Crippen LogP contribution in [-0.4, -0.2) is 22.4 Å². The number of rotatable bonds is 7. The highest BCUT2D eigenvalue weighted by Gasteiger charge is 2.13. The number of aryl methyl sites for hydroxylation is 1. The average molecular weight is 356 g/mol. The molecule has 0 bridgehead atoms. The predicted molar refractivity (Wildman–Crippen MR) is 104 cm³/mol. The number of phenolic OH excluding ortho intramolecular Hbond substituents is 2. The molecule has 0 amide bonds. The van der Waals surface area contributed by atoms with Crippen molar-refractivity contribution in [3.05, 3.63) is 63.7 Å². The molecule has 0 aliphatic rings. The van der Waals surface area contributed by atoms with Crippen molar-refractivity contribution >= 4 is 0 Å². The second-order valence-corrected chi connectivity index (χ2v) is 6.70. The van der Waals surface area contributed by atoms with E-state index in [2.05, 4.69) is 19.9 Å². The van der Waals surface area contributed by atoms with Gasteiger partial charge in [0.15, 0.2) is 0 Å². The molecule has 0 aromatic heterocycles. The fourth-order valence-electron chi connectivity index (χ4n) is 3.24. The minimum absolute atomic E-state index is 0.0338. The summed E-state index contributed by atoms with van der Waals surface area (Å²) in [7, 11) is 1.62. The van der Waals surface area contributed by atoms with Crippen LogP contribution in [0.25, 0.3) is 0 Å². The molecule has 2 rings (SSSR count). The Morgan fingerprint density at radius 2 is 1.85 bits per heavy atom. The highest BCUT2D eigenvalue weighted by molar-refractivity contribution is 5.49. The lowest BCUT2D eigenvalue weighted by Gasteiger charge is -2.17. The van der Waals surface area contributed by atoms with Gasteiger partial charge in [-0.05, 0) is 81.0 Å². The van der Waals surface area contributed by atoms with E-state index in [0.29, 0.717) is 12.0 Å². The summed E-state index contributed by atoms with van der Waals surface area (Å²) in [6.45, 7) is 6.13. The number of benzene rings is 2. The predicted octanol–water partition coefficient (Wildman–Crippen LogP) is 4.34. The summed E-state index contributed by atoms with van der Waals surface area (Å²) in [4.78, 5) is 0. The summed E-state index contributed by atoms with van der Waals surface area (Å²) in [6, 6.07) is 6.56. The lowest BCUT2D eigenvalue weighted by molar-refractivity contribution is 0.272. The van der Waals surface area contributed by atoms with Gasteiger partial charge in [0.05, 0.1) is 13.7 Å². The first-order valence-electron chi connectivity index (χ1n) is 8.80. The summed E-state index contributed by atoms with van der Waals surface area (Å²) >= 11 is 0. The zero-order chi connectivity index (χ0) is 19.3. The first-order valence-corrected chi connectivity index (χ1v) is 8.80. The summed E-state index contributed by atoms with van der Waals surface area (Å²) in [6.07, 6.45) is 4.42. The third kappa shape index (κ3) is 4.58. The van der Waals surface area contributed by atoms with Crippen LogP contribution in [-0.2, 0) is 19.4 Å². The topological polar surface area (TPSA) is 69.9 Å². The second kappa shape index (κ2) is 8.77. The quantitative estimate of drug-likeness (QED) is 0.510. The SMILES string of the molecule is COc1cc(C)c(CCC(C)=CCc2cc(O)ccc2O)c(C)c1CO. The molecule has 4 nitrogen and oxygen atoms in total. The number of ether oxygens (including phenoxy) is 1. The Labute approximate surface area is 155 Å². The van der Waals surface area contributed by atoms with Gasteiger partial charge in [0.25, 0.3) is 0 Å². The van der Waals surface area contributed by atoms with Gasteiger partial charge in [0.1, 0.15) is 17.2 Å². The maximum atomic E-state index is 9.86. The maximum Gasteiger partial charge on any atom is 0.124 e. The van der Waals surface area contributed by atoms with Gasteiger partial charge < -0.3 is 20.1 Å². The van der Waals surface area contributed by atoms with E-state index in [4.69, 9.17) is 4.74 Å². The van der Waals surface area contributed by atoms with E-state index in [1.165, 1.54) is 23.3 Å². The minimum atomic E-state index is -0.0338. The van der Waals surface area contributed by atoms with Crippen molar-refractivity contribution in [2.75, 3.05) is 7.11 Å². The number of aliphatic hydroxyl groups excluding tert-OH is 1. The van der Waals surface area contributed by atoms with Gasteiger partial charge >= 0.3 is 0 Å². The van der Waals surface area contributed by atoms with Gasteiger partial charge in [-0.2, -0.15) is 0 Å². The van der Waals surface area contributed by atoms with Gasteiger partial charge in [0, 0.05) is 11.1 Å². The molecule has 0 radical (unpaired) electrons. The maximum absolute atomic E-state index is 9.86. The van der Waals surface area contributed by atoms with Crippen LogP contribution in [0.15, 0.2) is 35.9 Å². The molecule has 2 aromatic carbocycles. The Morgan fingerprint density at radius 1 is 1.12 bits per heavy atom.